The first kappa shape index (κ1) is 17.6. The topological polar surface area (TPSA) is 144 Å². The average molecular weight is 372 g/mol. The zero-order chi connectivity index (χ0) is 18.9. The van der Waals surface area contributed by atoms with E-state index in [4.69, 9.17) is 10.9 Å². The molecule has 1 atom stereocenters. The van der Waals surface area contributed by atoms with Gasteiger partial charge in [0.15, 0.2) is 0 Å². The van der Waals surface area contributed by atoms with Gasteiger partial charge in [-0.25, -0.2) is 18.4 Å². The van der Waals surface area contributed by atoms with Crippen LogP contribution in [0, 0.1) is 0 Å². The van der Waals surface area contributed by atoms with Gasteiger partial charge in [0.25, 0.3) is 0 Å². The molecule has 1 unspecified atom stereocenters. The van der Waals surface area contributed by atoms with E-state index in [0.717, 1.165) is 0 Å². The first-order chi connectivity index (χ1) is 12.3. The Morgan fingerprint density at radius 2 is 1.62 bits per heavy atom. The van der Waals surface area contributed by atoms with Crippen molar-refractivity contribution in [3.63, 3.8) is 0 Å². The zero-order valence-electron chi connectivity index (χ0n) is 13.5. The second kappa shape index (κ2) is 6.62. The van der Waals surface area contributed by atoms with Gasteiger partial charge in [-0.3, -0.25) is 4.79 Å². The van der Waals surface area contributed by atoms with Gasteiger partial charge in [0, 0.05) is 0 Å². The summed E-state index contributed by atoms with van der Waals surface area (Å²) < 4.78 is 22.8. The molecular formula is C17H16N4O4S. The van der Waals surface area contributed by atoms with E-state index in [1.807, 2.05) is 0 Å². The summed E-state index contributed by atoms with van der Waals surface area (Å²) in [6.07, 6.45) is 0. The summed E-state index contributed by atoms with van der Waals surface area (Å²) in [4.78, 5) is 24.1. The normalized spacial score (nSPS) is 17.4. The van der Waals surface area contributed by atoms with Crippen molar-refractivity contribution in [1.29, 1.82) is 0 Å². The molecule has 2 aromatic rings. The zero-order valence-corrected chi connectivity index (χ0v) is 14.3. The third-order valence-electron chi connectivity index (χ3n) is 3.94. The SMILES string of the molecule is NC(=O)C1=C(c2ccccc2)NC(=O)NC1c1ccc(S(N)(=O)=O)cc1. The minimum atomic E-state index is -3.85. The van der Waals surface area contributed by atoms with Crippen molar-refractivity contribution in [2.24, 2.45) is 10.9 Å². The van der Waals surface area contributed by atoms with Crippen LogP contribution in [0.3, 0.4) is 0 Å². The molecule has 2 aromatic carbocycles. The van der Waals surface area contributed by atoms with E-state index >= 15 is 0 Å². The number of rotatable bonds is 4. The molecule has 3 rings (SSSR count). The molecule has 6 N–H and O–H groups in total. The van der Waals surface area contributed by atoms with Crippen molar-refractivity contribution in [3.8, 4) is 0 Å². The monoisotopic (exact) mass is 372 g/mol. The van der Waals surface area contributed by atoms with Crippen LogP contribution < -0.4 is 21.5 Å². The maximum Gasteiger partial charge on any atom is 0.320 e. The van der Waals surface area contributed by atoms with E-state index in [9.17, 15) is 18.0 Å². The summed E-state index contributed by atoms with van der Waals surface area (Å²) in [5.41, 5.74) is 7.16. The molecule has 9 heteroatoms. The van der Waals surface area contributed by atoms with Crippen LogP contribution in [-0.2, 0) is 14.8 Å². The maximum absolute atomic E-state index is 12.1. The van der Waals surface area contributed by atoms with Crippen LogP contribution in [0.25, 0.3) is 5.70 Å². The van der Waals surface area contributed by atoms with Gasteiger partial charge < -0.3 is 16.4 Å². The Bertz CT molecular complexity index is 999. The van der Waals surface area contributed by atoms with Gasteiger partial charge in [-0.05, 0) is 23.3 Å². The number of benzene rings is 2. The highest BCUT2D eigenvalue weighted by Crippen LogP contribution is 2.31. The fourth-order valence-corrected chi connectivity index (χ4v) is 3.28. The van der Waals surface area contributed by atoms with Gasteiger partial charge in [-0.2, -0.15) is 0 Å². The number of hydrogen-bond donors (Lipinski definition) is 4. The van der Waals surface area contributed by atoms with Crippen molar-refractivity contribution >= 4 is 27.7 Å². The first-order valence-electron chi connectivity index (χ1n) is 7.57. The van der Waals surface area contributed by atoms with Crippen molar-refractivity contribution in [1.82, 2.24) is 10.6 Å². The fraction of sp³-hybridized carbons (Fsp3) is 0.0588. The minimum absolute atomic E-state index is 0.0746. The number of carbonyl (C=O) groups excluding carboxylic acids is 2. The summed E-state index contributed by atoms with van der Waals surface area (Å²) in [6.45, 7) is 0. The number of amides is 3. The average Bonchev–Trinajstić information content (AvgIpc) is 2.61. The molecule has 0 radical (unpaired) electrons. The van der Waals surface area contributed by atoms with Crippen LogP contribution in [0.5, 0.6) is 0 Å². The molecule has 3 amide bonds. The molecule has 1 aliphatic heterocycles. The highest BCUT2D eigenvalue weighted by molar-refractivity contribution is 7.89. The Morgan fingerprint density at radius 3 is 2.15 bits per heavy atom. The van der Waals surface area contributed by atoms with Crippen LogP contribution in [0.2, 0.25) is 0 Å². The Hall–Kier alpha value is -3.17. The van der Waals surface area contributed by atoms with E-state index in [1.165, 1.54) is 24.3 Å². The number of nitrogens with two attached hydrogens (primary N) is 2. The van der Waals surface area contributed by atoms with Gasteiger partial charge in [0.2, 0.25) is 15.9 Å². The molecule has 0 fully saturated rings. The van der Waals surface area contributed by atoms with Crippen molar-refractivity contribution in [2.75, 3.05) is 0 Å². The van der Waals surface area contributed by atoms with Crippen LogP contribution in [0.4, 0.5) is 4.79 Å². The van der Waals surface area contributed by atoms with Crippen LogP contribution in [0.1, 0.15) is 17.2 Å². The lowest BCUT2D eigenvalue weighted by molar-refractivity contribution is -0.114. The first-order valence-corrected chi connectivity index (χ1v) is 9.11. The Balaban J connectivity index is 2.13. The standard InChI is InChI=1S/C17H16N4O4S/c18-16(22)13-14(10-4-2-1-3-5-10)20-17(23)21-15(13)11-6-8-12(9-7-11)26(19,24)25/h1-9,15H,(H2,18,22)(H2,19,24,25)(H2,20,21,23). The molecule has 26 heavy (non-hydrogen) atoms. The van der Waals surface area contributed by atoms with Gasteiger partial charge in [0.05, 0.1) is 22.2 Å². The van der Waals surface area contributed by atoms with Crippen molar-refractivity contribution in [2.45, 2.75) is 10.9 Å². The molecular weight excluding hydrogens is 356 g/mol. The van der Waals surface area contributed by atoms with Crippen molar-refractivity contribution in [3.05, 3.63) is 71.3 Å². The molecule has 0 aromatic heterocycles. The van der Waals surface area contributed by atoms with Crippen LogP contribution in [0.15, 0.2) is 65.1 Å². The summed E-state index contributed by atoms with van der Waals surface area (Å²) in [5.74, 6) is -0.711. The number of urea groups is 1. The molecule has 8 nitrogen and oxygen atoms in total. The fourth-order valence-electron chi connectivity index (χ4n) is 2.76. The third kappa shape index (κ3) is 3.44. The lowest BCUT2D eigenvalue weighted by atomic mass is 9.92. The quantitative estimate of drug-likeness (QED) is 0.622. The summed E-state index contributed by atoms with van der Waals surface area (Å²) >= 11 is 0. The number of hydrogen-bond acceptors (Lipinski definition) is 4. The largest absolute Gasteiger partial charge is 0.366 e. The predicted octanol–water partition coefficient (Wildman–Crippen LogP) is 0.585. The Morgan fingerprint density at radius 1 is 1.00 bits per heavy atom. The number of nitrogens with one attached hydrogen (secondary N) is 2. The summed E-state index contributed by atoms with van der Waals surface area (Å²) in [5, 5.41) is 10.3. The molecule has 1 heterocycles. The van der Waals surface area contributed by atoms with E-state index < -0.39 is 28.0 Å². The lowest BCUT2D eigenvalue weighted by Gasteiger charge is -2.29. The molecule has 0 aliphatic carbocycles. The molecule has 0 saturated heterocycles. The molecule has 0 bridgehead atoms. The smallest absolute Gasteiger partial charge is 0.320 e. The van der Waals surface area contributed by atoms with Gasteiger partial charge >= 0.3 is 6.03 Å². The highest BCUT2D eigenvalue weighted by Gasteiger charge is 2.32. The summed E-state index contributed by atoms with van der Waals surface area (Å²) in [6, 6.07) is 13.1. The second-order valence-corrected chi connectivity index (χ2v) is 7.23. The molecule has 0 spiro atoms. The second-order valence-electron chi connectivity index (χ2n) is 5.66. The molecule has 1 aliphatic rings. The van der Waals surface area contributed by atoms with E-state index in [0.29, 0.717) is 16.8 Å². The minimum Gasteiger partial charge on any atom is -0.366 e. The van der Waals surface area contributed by atoms with E-state index in [-0.39, 0.29) is 10.5 Å². The molecule has 0 saturated carbocycles. The Labute approximate surface area is 149 Å². The van der Waals surface area contributed by atoms with E-state index in [1.54, 1.807) is 30.3 Å². The van der Waals surface area contributed by atoms with Crippen LogP contribution in [-0.4, -0.2) is 20.4 Å². The lowest BCUT2D eigenvalue weighted by Crippen LogP contribution is -2.46. The van der Waals surface area contributed by atoms with Crippen molar-refractivity contribution < 1.29 is 18.0 Å². The number of primary amides is 1. The summed E-state index contributed by atoms with van der Waals surface area (Å²) in [7, 11) is -3.85. The number of primary sulfonamides is 1. The van der Waals surface area contributed by atoms with E-state index in [2.05, 4.69) is 10.6 Å². The molecule has 134 valence electrons. The Kier molecular flexibility index (Phi) is 4.49. The maximum atomic E-state index is 12.1. The van der Waals surface area contributed by atoms with Gasteiger partial charge in [-0.15, -0.1) is 0 Å². The van der Waals surface area contributed by atoms with Gasteiger partial charge in [0.1, 0.15) is 0 Å². The van der Waals surface area contributed by atoms with Crippen LogP contribution >= 0.6 is 0 Å². The predicted molar refractivity (Wildman–Crippen MR) is 94.8 cm³/mol. The highest BCUT2D eigenvalue weighted by atomic mass is 32.2. The number of sulfonamides is 1. The number of carbonyl (C=O) groups is 2. The third-order valence-corrected chi connectivity index (χ3v) is 4.87. The van der Waals surface area contributed by atoms with Gasteiger partial charge in [-0.1, -0.05) is 42.5 Å².